The molecule has 1 aliphatic rings. The molecule has 6 nitrogen and oxygen atoms in total. The Labute approximate surface area is 127 Å². The third kappa shape index (κ3) is 3.30. The van der Waals surface area contributed by atoms with Crippen LogP contribution in [0.15, 0.2) is 18.2 Å². The molecule has 1 heterocycles. The number of hydrogen-bond acceptors (Lipinski definition) is 4. The van der Waals surface area contributed by atoms with Crippen molar-refractivity contribution in [3.8, 4) is 0 Å². The fourth-order valence-corrected chi connectivity index (χ4v) is 3.26. The van der Waals surface area contributed by atoms with E-state index in [4.69, 9.17) is 4.74 Å². The summed E-state index contributed by atoms with van der Waals surface area (Å²) in [5, 5.41) is 0. The smallest absolute Gasteiger partial charge is 0.303 e. The van der Waals surface area contributed by atoms with Crippen LogP contribution >= 0.6 is 0 Å². The first-order chi connectivity index (χ1) is 9.84. The zero-order chi connectivity index (χ0) is 15.6. The zero-order valence-electron chi connectivity index (χ0n) is 13.0. The highest BCUT2D eigenvalue weighted by atomic mass is 32.2. The summed E-state index contributed by atoms with van der Waals surface area (Å²) in [6.07, 6.45) is 0. The van der Waals surface area contributed by atoms with Gasteiger partial charge in [-0.15, -0.1) is 0 Å². The molecule has 0 amide bonds. The number of morpholine rings is 1. The van der Waals surface area contributed by atoms with Crippen molar-refractivity contribution in [1.82, 2.24) is 4.31 Å². The number of anilines is 2. The zero-order valence-corrected chi connectivity index (χ0v) is 13.9. The molecule has 7 heteroatoms. The number of aryl methyl sites for hydroxylation is 1. The lowest BCUT2D eigenvalue weighted by Gasteiger charge is -2.31. The van der Waals surface area contributed by atoms with Gasteiger partial charge in [-0.1, -0.05) is 6.07 Å². The van der Waals surface area contributed by atoms with Crippen LogP contribution in [0.1, 0.15) is 5.56 Å². The Morgan fingerprint density at radius 2 is 1.76 bits per heavy atom. The van der Waals surface area contributed by atoms with Gasteiger partial charge in [0.05, 0.1) is 18.9 Å². The molecule has 1 aromatic rings. The predicted octanol–water partition coefficient (Wildman–Crippen LogP) is 1.07. The molecule has 0 saturated carbocycles. The SMILES string of the molecule is Cc1ccc(N2CCOCC2)cc1N(C)S(=O)(=O)N(C)C. The number of nitrogens with zero attached hydrogens (tertiary/aromatic N) is 3. The lowest BCUT2D eigenvalue weighted by molar-refractivity contribution is 0.122. The highest BCUT2D eigenvalue weighted by molar-refractivity contribution is 7.90. The molecule has 21 heavy (non-hydrogen) atoms. The molecule has 0 aromatic heterocycles. The van der Waals surface area contributed by atoms with Gasteiger partial charge in [0.2, 0.25) is 0 Å². The summed E-state index contributed by atoms with van der Waals surface area (Å²) in [5.41, 5.74) is 2.66. The van der Waals surface area contributed by atoms with Crippen molar-refractivity contribution in [2.24, 2.45) is 0 Å². The number of ether oxygens (including phenoxy) is 1. The maximum atomic E-state index is 12.3. The van der Waals surface area contributed by atoms with Crippen LogP contribution in [0.3, 0.4) is 0 Å². The van der Waals surface area contributed by atoms with Crippen molar-refractivity contribution in [3.05, 3.63) is 23.8 Å². The van der Waals surface area contributed by atoms with Gasteiger partial charge in [-0.3, -0.25) is 4.31 Å². The van der Waals surface area contributed by atoms with Gasteiger partial charge in [0.15, 0.2) is 0 Å². The summed E-state index contributed by atoms with van der Waals surface area (Å²) in [5.74, 6) is 0. The Hall–Kier alpha value is -1.31. The van der Waals surface area contributed by atoms with Crippen LogP contribution in [0.25, 0.3) is 0 Å². The maximum absolute atomic E-state index is 12.3. The normalized spacial score (nSPS) is 16.3. The van der Waals surface area contributed by atoms with Gasteiger partial charge < -0.3 is 9.64 Å². The van der Waals surface area contributed by atoms with E-state index < -0.39 is 10.2 Å². The minimum atomic E-state index is -3.48. The Kier molecular flexibility index (Phi) is 4.75. The maximum Gasteiger partial charge on any atom is 0.303 e. The van der Waals surface area contributed by atoms with E-state index in [2.05, 4.69) is 4.90 Å². The summed E-state index contributed by atoms with van der Waals surface area (Å²) in [6.45, 7) is 4.98. The van der Waals surface area contributed by atoms with E-state index in [-0.39, 0.29) is 0 Å². The van der Waals surface area contributed by atoms with E-state index in [9.17, 15) is 8.42 Å². The van der Waals surface area contributed by atoms with Gasteiger partial charge in [0.25, 0.3) is 0 Å². The second-order valence-electron chi connectivity index (χ2n) is 5.33. The van der Waals surface area contributed by atoms with Gasteiger partial charge in [0, 0.05) is 39.9 Å². The Morgan fingerprint density at radius 3 is 2.33 bits per heavy atom. The average molecular weight is 313 g/mol. The van der Waals surface area contributed by atoms with E-state index >= 15 is 0 Å². The van der Waals surface area contributed by atoms with E-state index in [1.807, 2.05) is 25.1 Å². The quantitative estimate of drug-likeness (QED) is 0.834. The van der Waals surface area contributed by atoms with Crippen LogP contribution in [-0.2, 0) is 14.9 Å². The molecule has 1 saturated heterocycles. The largest absolute Gasteiger partial charge is 0.378 e. The molecule has 0 spiro atoms. The number of benzene rings is 1. The van der Waals surface area contributed by atoms with Crippen LogP contribution in [0, 0.1) is 6.92 Å². The fourth-order valence-electron chi connectivity index (χ4n) is 2.32. The summed E-state index contributed by atoms with van der Waals surface area (Å²) in [6, 6.07) is 5.92. The molecule has 2 rings (SSSR count). The van der Waals surface area contributed by atoms with Crippen molar-refractivity contribution < 1.29 is 13.2 Å². The molecule has 0 aliphatic carbocycles. The fraction of sp³-hybridized carbons (Fsp3) is 0.571. The molecule has 0 N–H and O–H groups in total. The van der Waals surface area contributed by atoms with Crippen LogP contribution in [-0.4, -0.2) is 60.2 Å². The minimum absolute atomic E-state index is 0.702. The summed E-state index contributed by atoms with van der Waals surface area (Å²) >= 11 is 0. The van der Waals surface area contributed by atoms with E-state index in [0.717, 1.165) is 24.3 Å². The van der Waals surface area contributed by atoms with E-state index in [1.165, 1.54) is 22.7 Å². The van der Waals surface area contributed by atoms with Crippen molar-refractivity contribution in [2.75, 3.05) is 56.7 Å². The van der Waals surface area contributed by atoms with Crippen LogP contribution < -0.4 is 9.21 Å². The van der Waals surface area contributed by atoms with Crippen molar-refractivity contribution in [2.45, 2.75) is 6.92 Å². The summed E-state index contributed by atoms with van der Waals surface area (Å²) in [7, 11) is 1.18. The van der Waals surface area contributed by atoms with E-state index in [0.29, 0.717) is 18.9 Å². The Bertz CT molecular complexity index is 595. The lowest BCUT2D eigenvalue weighted by Crippen LogP contribution is -2.38. The van der Waals surface area contributed by atoms with Crippen LogP contribution in [0.4, 0.5) is 11.4 Å². The van der Waals surface area contributed by atoms with Crippen molar-refractivity contribution in [3.63, 3.8) is 0 Å². The molecule has 1 aliphatic heterocycles. The molecule has 0 unspecified atom stereocenters. The third-order valence-electron chi connectivity index (χ3n) is 3.72. The molecule has 1 fully saturated rings. The highest BCUT2D eigenvalue weighted by Crippen LogP contribution is 2.28. The minimum Gasteiger partial charge on any atom is -0.378 e. The Morgan fingerprint density at radius 1 is 1.14 bits per heavy atom. The first-order valence-electron chi connectivity index (χ1n) is 6.94. The van der Waals surface area contributed by atoms with Gasteiger partial charge >= 0.3 is 10.2 Å². The second kappa shape index (κ2) is 6.21. The summed E-state index contributed by atoms with van der Waals surface area (Å²) < 4.78 is 32.5. The van der Waals surface area contributed by atoms with Gasteiger partial charge in [-0.2, -0.15) is 12.7 Å². The topological polar surface area (TPSA) is 53.1 Å². The Balaban J connectivity index is 2.35. The second-order valence-corrected chi connectivity index (χ2v) is 7.50. The van der Waals surface area contributed by atoms with Gasteiger partial charge in [-0.05, 0) is 24.6 Å². The molecular weight excluding hydrogens is 290 g/mol. The molecular formula is C14H23N3O3S. The highest BCUT2D eigenvalue weighted by Gasteiger charge is 2.23. The van der Waals surface area contributed by atoms with Gasteiger partial charge in [0.1, 0.15) is 0 Å². The first kappa shape index (κ1) is 16.1. The monoisotopic (exact) mass is 313 g/mol. The number of rotatable bonds is 4. The van der Waals surface area contributed by atoms with Crippen molar-refractivity contribution >= 4 is 21.6 Å². The molecule has 0 radical (unpaired) electrons. The average Bonchev–Trinajstić information content (AvgIpc) is 2.47. The molecule has 1 aromatic carbocycles. The van der Waals surface area contributed by atoms with Gasteiger partial charge in [-0.25, -0.2) is 0 Å². The van der Waals surface area contributed by atoms with Crippen LogP contribution in [0.5, 0.6) is 0 Å². The summed E-state index contributed by atoms with van der Waals surface area (Å²) in [4.78, 5) is 2.21. The third-order valence-corrected chi connectivity index (χ3v) is 5.53. The van der Waals surface area contributed by atoms with Crippen molar-refractivity contribution in [1.29, 1.82) is 0 Å². The molecule has 0 atom stereocenters. The van der Waals surface area contributed by atoms with Crippen LogP contribution in [0.2, 0.25) is 0 Å². The lowest BCUT2D eigenvalue weighted by atomic mass is 10.1. The molecule has 118 valence electrons. The molecule has 0 bridgehead atoms. The van der Waals surface area contributed by atoms with E-state index in [1.54, 1.807) is 7.05 Å². The number of hydrogen-bond donors (Lipinski definition) is 0. The standard InChI is InChI=1S/C14H23N3O3S/c1-12-5-6-13(17-7-9-20-10-8-17)11-14(12)16(4)21(18,19)15(2)3/h5-6,11H,7-10H2,1-4H3. The predicted molar refractivity (Wildman–Crippen MR) is 85.2 cm³/mol. The first-order valence-corrected chi connectivity index (χ1v) is 8.33.